The number of alkyl halides is 3. The average Bonchev–Trinajstić information content (AvgIpc) is 3.06. The molecule has 1 amide bonds. The minimum absolute atomic E-state index is 0.0294. The maximum atomic E-state index is 13.6. The molecule has 0 aliphatic carbocycles. The highest BCUT2D eigenvalue weighted by Gasteiger charge is 2.50. The van der Waals surface area contributed by atoms with Crippen LogP contribution in [0, 0.1) is 6.92 Å². The largest absolute Gasteiger partial charge is 0.480 e. The molecule has 260 valence electrons. The van der Waals surface area contributed by atoms with Crippen LogP contribution < -0.4 is 10.1 Å². The number of esters is 2. The fourth-order valence-corrected chi connectivity index (χ4v) is 5.04. The second kappa shape index (κ2) is 15.5. The molecular formula is C37H32F3NO9. The molecule has 0 saturated heterocycles. The number of amides is 1. The van der Waals surface area contributed by atoms with Gasteiger partial charge in [0.25, 0.3) is 5.91 Å². The maximum absolute atomic E-state index is 13.6. The lowest BCUT2D eigenvalue weighted by atomic mass is 9.81. The molecule has 0 fully saturated rings. The fourth-order valence-electron chi connectivity index (χ4n) is 5.04. The van der Waals surface area contributed by atoms with E-state index in [9.17, 15) is 47.4 Å². The summed E-state index contributed by atoms with van der Waals surface area (Å²) < 4.78 is 50.1. The molecule has 0 saturated carbocycles. The van der Waals surface area contributed by atoms with E-state index in [4.69, 9.17) is 9.47 Å². The van der Waals surface area contributed by atoms with Gasteiger partial charge in [-0.2, -0.15) is 13.2 Å². The third-order valence-electron chi connectivity index (χ3n) is 7.71. The van der Waals surface area contributed by atoms with E-state index < -0.39 is 60.0 Å². The van der Waals surface area contributed by atoms with Crippen molar-refractivity contribution >= 4 is 35.5 Å². The summed E-state index contributed by atoms with van der Waals surface area (Å²) in [6.07, 6.45) is -4.54. The van der Waals surface area contributed by atoms with Gasteiger partial charge in [0.05, 0.1) is 17.7 Å². The smallest absolute Gasteiger partial charge is 0.416 e. The topological polar surface area (TPSA) is 156 Å². The number of hydrogen-bond donors (Lipinski definition) is 3. The van der Waals surface area contributed by atoms with E-state index in [2.05, 4.69) is 5.32 Å². The van der Waals surface area contributed by atoms with Gasteiger partial charge in [0, 0.05) is 12.0 Å². The first-order chi connectivity index (χ1) is 23.6. The average molecular weight is 692 g/mol. The van der Waals surface area contributed by atoms with Crippen LogP contribution >= 0.6 is 0 Å². The zero-order valence-corrected chi connectivity index (χ0v) is 26.9. The van der Waals surface area contributed by atoms with Gasteiger partial charge in [-0.3, -0.25) is 24.0 Å². The second-order valence-corrected chi connectivity index (χ2v) is 11.4. The van der Waals surface area contributed by atoms with Crippen LogP contribution in [0.2, 0.25) is 0 Å². The minimum Gasteiger partial charge on any atom is -0.480 e. The van der Waals surface area contributed by atoms with Crippen molar-refractivity contribution in [3.05, 3.63) is 119 Å². The quantitative estimate of drug-likeness (QED) is 0.0777. The Morgan fingerprint density at radius 2 is 1.44 bits per heavy atom. The molecule has 0 bridgehead atoms. The molecule has 13 heteroatoms. The van der Waals surface area contributed by atoms with Crippen molar-refractivity contribution in [1.29, 1.82) is 0 Å². The van der Waals surface area contributed by atoms with Crippen LogP contribution in [0.25, 0.3) is 11.1 Å². The molecule has 3 N–H and O–H groups in total. The third-order valence-corrected chi connectivity index (χ3v) is 7.71. The first kappa shape index (κ1) is 36.8. The van der Waals surface area contributed by atoms with Crippen LogP contribution in [0.3, 0.4) is 0 Å². The summed E-state index contributed by atoms with van der Waals surface area (Å²) in [4.78, 5) is 63.2. The zero-order chi connectivity index (χ0) is 36.6. The molecule has 0 aliphatic heterocycles. The van der Waals surface area contributed by atoms with Gasteiger partial charge in [0.1, 0.15) is 6.61 Å². The highest BCUT2D eigenvalue weighted by Crippen LogP contribution is 2.34. The van der Waals surface area contributed by atoms with Crippen LogP contribution in [0.15, 0.2) is 91.0 Å². The molecule has 0 spiro atoms. The summed E-state index contributed by atoms with van der Waals surface area (Å²) in [7, 11) is 0. The molecule has 4 aromatic carbocycles. The number of aryl methyl sites for hydroxylation is 1. The van der Waals surface area contributed by atoms with Crippen LogP contribution in [0.5, 0.6) is 5.75 Å². The molecule has 10 nitrogen and oxygen atoms in total. The van der Waals surface area contributed by atoms with Gasteiger partial charge in [0.2, 0.25) is 5.41 Å². The summed E-state index contributed by atoms with van der Waals surface area (Å²) >= 11 is 0. The second-order valence-electron chi connectivity index (χ2n) is 11.4. The van der Waals surface area contributed by atoms with Gasteiger partial charge >= 0.3 is 30.1 Å². The SMILES string of the molecule is CCCC(=O)Oc1cc(CC(=O)OCC(C(=O)O)(C(=O)O)c2ccccc2)ccc1NC(=O)c1ccc(C)cc1-c1ccc(C(F)(F)F)cc1. The van der Waals surface area contributed by atoms with Crippen molar-refractivity contribution in [3.63, 3.8) is 0 Å². The molecule has 0 heterocycles. The summed E-state index contributed by atoms with van der Waals surface area (Å²) in [5, 5.41) is 22.3. The van der Waals surface area contributed by atoms with E-state index in [1.807, 2.05) is 0 Å². The summed E-state index contributed by atoms with van der Waals surface area (Å²) in [5.41, 5.74) is -1.68. The van der Waals surface area contributed by atoms with Gasteiger partial charge in [-0.1, -0.05) is 73.2 Å². The Balaban J connectivity index is 1.59. The summed E-state index contributed by atoms with van der Waals surface area (Å²) in [5.74, 6) is -5.87. The van der Waals surface area contributed by atoms with Crippen molar-refractivity contribution in [2.45, 2.75) is 44.7 Å². The zero-order valence-electron chi connectivity index (χ0n) is 26.9. The summed E-state index contributed by atoms with van der Waals surface area (Å²) in [6, 6.07) is 20.3. The van der Waals surface area contributed by atoms with E-state index in [1.165, 1.54) is 60.7 Å². The molecule has 0 atom stereocenters. The Morgan fingerprint density at radius 3 is 2.04 bits per heavy atom. The lowest BCUT2D eigenvalue weighted by Gasteiger charge is -2.25. The van der Waals surface area contributed by atoms with Crippen LogP contribution in [-0.4, -0.2) is 46.6 Å². The molecular weight excluding hydrogens is 659 g/mol. The number of hydrogen-bond acceptors (Lipinski definition) is 7. The number of benzene rings is 4. The van der Waals surface area contributed by atoms with Crippen LogP contribution in [-0.2, 0) is 41.9 Å². The Morgan fingerprint density at radius 1 is 0.780 bits per heavy atom. The normalized spacial score (nSPS) is 11.4. The number of carboxylic acid groups (broad SMARTS) is 2. The monoisotopic (exact) mass is 691 g/mol. The van der Waals surface area contributed by atoms with E-state index in [0.717, 1.165) is 17.7 Å². The first-order valence-corrected chi connectivity index (χ1v) is 15.3. The van der Waals surface area contributed by atoms with Crippen molar-refractivity contribution in [2.24, 2.45) is 0 Å². The molecule has 0 aromatic heterocycles. The Labute approximate surface area is 284 Å². The van der Waals surface area contributed by atoms with Crippen molar-refractivity contribution < 1.29 is 56.8 Å². The van der Waals surface area contributed by atoms with Crippen LogP contribution in [0.1, 0.15) is 52.4 Å². The predicted octanol–water partition coefficient (Wildman–Crippen LogP) is 6.83. The van der Waals surface area contributed by atoms with Gasteiger partial charge in [-0.25, -0.2) is 0 Å². The Kier molecular flexibility index (Phi) is 11.4. The van der Waals surface area contributed by atoms with Gasteiger partial charge in [0.15, 0.2) is 5.75 Å². The van der Waals surface area contributed by atoms with E-state index in [-0.39, 0.29) is 34.5 Å². The minimum atomic E-state index is -4.54. The highest BCUT2D eigenvalue weighted by atomic mass is 19.4. The summed E-state index contributed by atoms with van der Waals surface area (Å²) in [6.45, 7) is 2.50. The van der Waals surface area contributed by atoms with E-state index >= 15 is 0 Å². The number of carbonyl (C=O) groups is 5. The number of rotatable bonds is 13. The number of aliphatic carboxylic acids is 2. The number of ether oxygens (including phenoxy) is 2. The fraction of sp³-hybridized carbons (Fsp3) is 0.216. The van der Waals surface area contributed by atoms with E-state index in [0.29, 0.717) is 17.5 Å². The highest BCUT2D eigenvalue weighted by molar-refractivity contribution is 6.09. The molecule has 0 radical (unpaired) electrons. The maximum Gasteiger partial charge on any atom is 0.416 e. The van der Waals surface area contributed by atoms with E-state index in [1.54, 1.807) is 32.0 Å². The molecule has 0 aliphatic rings. The molecule has 4 aromatic rings. The first-order valence-electron chi connectivity index (χ1n) is 15.3. The number of carbonyl (C=O) groups excluding carboxylic acids is 3. The number of nitrogens with one attached hydrogen (secondary N) is 1. The lowest BCUT2D eigenvalue weighted by molar-refractivity contribution is -0.164. The third kappa shape index (κ3) is 8.53. The molecule has 50 heavy (non-hydrogen) atoms. The molecule has 4 rings (SSSR count). The lowest BCUT2D eigenvalue weighted by Crippen LogP contribution is -2.48. The van der Waals surface area contributed by atoms with Crippen molar-refractivity contribution in [2.75, 3.05) is 11.9 Å². The number of carboxylic acids is 2. The van der Waals surface area contributed by atoms with Crippen molar-refractivity contribution in [3.8, 4) is 16.9 Å². The Hall–Kier alpha value is -5.98. The number of halogens is 3. The van der Waals surface area contributed by atoms with Gasteiger partial charge < -0.3 is 25.0 Å². The predicted molar refractivity (Wildman–Crippen MR) is 175 cm³/mol. The van der Waals surface area contributed by atoms with Crippen LogP contribution in [0.4, 0.5) is 18.9 Å². The van der Waals surface area contributed by atoms with Gasteiger partial charge in [-0.05, 0) is 65.9 Å². The Bertz CT molecular complexity index is 1890. The van der Waals surface area contributed by atoms with Crippen molar-refractivity contribution in [1.82, 2.24) is 0 Å². The standard InChI is InChI=1S/C37H32F3NO9/c1-3-7-31(42)50-30-19-23(20-32(43)49-21-36(34(45)46,35(47)48)25-8-5-4-6-9-25)11-17-29(30)41-33(44)27-16-10-22(2)18-28(27)24-12-14-26(15-13-24)37(38,39)40/h4-6,8-19H,3,7,20-21H2,1-2H3,(H,41,44)(H,45,46)(H,47,48). The van der Waals surface area contributed by atoms with Gasteiger partial charge in [-0.15, -0.1) is 0 Å². The molecule has 0 unspecified atom stereocenters. The number of anilines is 1.